The molecule has 29 heavy (non-hydrogen) atoms. The molecule has 1 N–H and O–H groups in total. The van der Waals surface area contributed by atoms with Gasteiger partial charge in [0.25, 0.3) is 5.91 Å². The van der Waals surface area contributed by atoms with E-state index in [0.29, 0.717) is 11.3 Å². The quantitative estimate of drug-likeness (QED) is 0.587. The van der Waals surface area contributed by atoms with Gasteiger partial charge in [-0.2, -0.15) is 23.4 Å². The number of amides is 1. The lowest BCUT2D eigenvalue weighted by atomic mass is 10.2. The molecule has 0 aliphatic rings. The predicted molar refractivity (Wildman–Crippen MR) is 98.6 cm³/mol. The maximum absolute atomic E-state index is 13.2. The molecule has 0 radical (unpaired) electrons. The lowest BCUT2D eigenvalue weighted by molar-refractivity contribution is -0.141. The van der Waals surface area contributed by atoms with E-state index in [0.717, 1.165) is 4.68 Å². The highest BCUT2D eigenvalue weighted by Gasteiger charge is 2.39. The van der Waals surface area contributed by atoms with Crippen molar-refractivity contribution in [3.63, 3.8) is 0 Å². The largest absolute Gasteiger partial charge is 0.436 e. The molecule has 0 aliphatic carbocycles. The Kier molecular flexibility index (Phi) is 5.59. The van der Waals surface area contributed by atoms with E-state index in [-0.39, 0.29) is 17.4 Å². The zero-order valence-corrected chi connectivity index (χ0v) is 16.5. The molecule has 0 fully saturated rings. The number of halogens is 6. The van der Waals surface area contributed by atoms with Crippen molar-refractivity contribution < 1.29 is 22.4 Å². The number of carbonyl (C=O) groups excluding carboxylic acids is 1. The summed E-state index contributed by atoms with van der Waals surface area (Å²) in [6.07, 6.45) is -4.79. The highest BCUT2D eigenvalue weighted by molar-refractivity contribution is 6.34. The van der Waals surface area contributed by atoms with E-state index >= 15 is 0 Å². The van der Waals surface area contributed by atoms with Crippen molar-refractivity contribution in [2.75, 3.05) is 5.32 Å². The van der Waals surface area contributed by atoms with Gasteiger partial charge in [0, 0.05) is 23.8 Å². The summed E-state index contributed by atoms with van der Waals surface area (Å²) in [6.45, 7) is 1.91. The van der Waals surface area contributed by atoms with Crippen LogP contribution in [0.15, 0.2) is 24.3 Å². The van der Waals surface area contributed by atoms with Crippen molar-refractivity contribution in [2.24, 2.45) is 7.05 Å². The Bertz CT molecular complexity index is 1090. The molecule has 0 saturated heterocycles. The third-order valence-corrected chi connectivity index (χ3v) is 4.74. The molecule has 2 aromatic heterocycles. The molecule has 0 spiro atoms. The molecule has 154 valence electrons. The molecular weight excluding hydrogens is 437 g/mol. The fourth-order valence-electron chi connectivity index (χ4n) is 2.64. The Morgan fingerprint density at radius 3 is 2.48 bits per heavy atom. The normalized spacial score (nSPS) is 11.7. The number of hydrogen-bond acceptors (Lipinski definition) is 3. The molecule has 0 bridgehead atoms. The summed E-state index contributed by atoms with van der Waals surface area (Å²) in [4.78, 5) is 12.4. The average molecular weight is 450 g/mol. The predicted octanol–water partition coefficient (Wildman–Crippen LogP) is 4.69. The SMILES string of the molecule is Cc1cc(NC(=O)c2c(Cl)c(C(F)(F)F)nn2C)nn1Cc1ccc(F)cc1Cl. The number of aryl methyl sites for hydroxylation is 2. The summed E-state index contributed by atoms with van der Waals surface area (Å²) in [6, 6.07) is 5.45. The summed E-state index contributed by atoms with van der Waals surface area (Å²) in [5, 5.41) is 9.27. The van der Waals surface area contributed by atoms with Gasteiger partial charge in [-0.3, -0.25) is 14.2 Å². The number of carbonyl (C=O) groups is 1. The molecule has 0 atom stereocenters. The summed E-state index contributed by atoms with van der Waals surface area (Å²) in [5.74, 6) is -1.28. The third-order valence-electron chi connectivity index (χ3n) is 4.03. The van der Waals surface area contributed by atoms with E-state index < -0.39 is 34.3 Å². The van der Waals surface area contributed by atoms with Crippen LogP contribution in [0.4, 0.5) is 23.4 Å². The molecule has 1 aromatic carbocycles. The van der Waals surface area contributed by atoms with Crippen molar-refractivity contribution in [3.05, 3.63) is 62.8 Å². The van der Waals surface area contributed by atoms with Crippen LogP contribution >= 0.6 is 23.2 Å². The number of alkyl halides is 3. The van der Waals surface area contributed by atoms with Gasteiger partial charge in [0.15, 0.2) is 11.5 Å². The second kappa shape index (κ2) is 7.68. The lowest BCUT2D eigenvalue weighted by Crippen LogP contribution is -2.17. The Hall–Kier alpha value is -2.59. The van der Waals surface area contributed by atoms with Crippen LogP contribution in [0.25, 0.3) is 0 Å². The first-order chi connectivity index (χ1) is 13.5. The number of aromatic nitrogens is 4. The van der Waals surface area contributed by atoms with E-state index in [4.69, 9.17) is 23.2 Å². The molecule has 0 unspecified atom stereocenters. The van der Waals surface area contributed by atoms with Crippen LogP contribution in [-0.2, 0) is 19.8 Å². The molecular formula is C17H13Cl2F4N5O. The highest BCUT2D eigenvalue weighted by atomic mass is 35.5. The average Bonchev–Trinajstić information content (AvgIpc) is 3.09. The summed E-state index contributed by atoms with van der Waals surface area (Å²) in [7, 11) is 1.18. The van der Waals surface area contributed by atoms with Gasteiger partial charge in [-0.25, -0.2) is 4.39 Å². The van der Waals surface area contributed by atoms with E-state index in [9.17, 15) is 22.4 Å². The fourth-order valence-corrected chi connectivity index (χ4v) is 3.22. The van der Waals surface area contributed by atoms with Gasteiger partial charge in [-0.1, -0.05) is 29.3 Å². The molecule has 2 heterocycles. The first-order valence-electron chi connectivity index (χ1n) is 8.06. The van der Waals surface area contributed by atoms with Gasteiger partial charge < -0.3 is 5.32 Å². The molecule has 0 aliphatic heterocycles. The Balaban J connectivity index is 1.82. The topological polar surface area (TPSA) is 64.7 Å². The molecule has 3 aromatic rings. The van der Waals surface area contributed by atoms with Crippen LogP contribution in [0.5, 0.6) is 0 Å². The first-order valence-corrected chi connectivity index (χ1v) is 8.82. The maximum Gasteiger partial charge on any atom is 0.436 e. The summed E-state index contributed by atoms with van der Waals surface area (Å²) in [5.41, 5.74) is -0.568. The Morgan fingerprint density at radius 1 is 1.21 bits per heavy atom. The standard InChI is InChI=1S/C17H13Cl2F4N5O/c1-8-5-12(25-28(8)7-9-3-4-10(20)6-11(9)18)24-16(29)14-13(19)15(17(21,22)23)26-27(14)2/h3-6H,7H2,1-2H3,(H,24,25,29). The van der Waals surface area contributed by atoms with Crippen LogP contribution in [0.1, 0.15) is 27.4 Å². The summed E-state index contributed by atoms with van der Waals surface area (Å²) >= 11 is 11.7. The van der Waals surface area contributed by atoms with Gasteiger partial charge in [-0.15, -0.1) is 0 Å². The molecule has 6 nitrogen and oxygen atoms in total. The minimum Gasteiger partial charge on any atom is -0.304 e. The van der Waals surface area contributed by atoms with E-state index in [1.54, 1.807) is 6.92 Å². The van der Waals surface area contributed by atoms with Crippen molar-refractivity contribution in [3.8, 4) is 0 Å². The van der Waals surface area contributed by atoms with Crippen LogP contribution in [0.2, 0.25) is 10.0 Å². The maximum atomic E-state index is 13.2. The number of anilines is 1. The minimum atomic E-state index is -4.79. The number of hydrogen-bond donors (Lipinski definition) is 1. The molecule has 1 amide bonds. The molecule has 3 rings (SSSR count). The third kappa shape index (κ3) is 4.38. The van der Waals surface area contributed by atoms with Gasteiger partial charge >= 0.3 is 6.18 Å². The van der Waals surface area contributed by atoms with Crippen molar-refractivity contribution in [1.29, 1.82) is 0 Å². The van der Waals surface area contributed by atoms with Crippen molar-refractivity contribution >= 4 is 34.9 Å². The minimum absolute atomic E-state index is 0.0940. The first kappa shape index (κ1) is 21.1. The van der Waals surface area contributed by atoms with Gasteiger partial charge in [0.1, 0.15) is 16.5 Å². The second-order valence-corrected chi connectivity index (χ2v) is 6.94. The molecule has 0 saturated carbocycles. The van der Waals surface area contributed by atoms with Crippen molar-refractivity contribution in [1.82, 2.24) is 19.6 Å². The molecule has 12 heteroatoms. The fraction of sp³-hybridized carbons (Fsp3) is 0.235. The number of nitrogens with zero attached hydrogens (tertiary/aromatic N) is 4. The van der Waals surface area contributed by atoms with Crippen molar-refractivity contribution in [2.45, 2.75) is 19.6 Å². The Morgan fingerprint density at radius 2 is 1.90 bits per heavy atom. The number of nitrogens with one attached hydrogen (secondary N) is 1. The van der Waals surface area contributed by atoms with Crippen LogP contribution in [0.3, 0.4) is 0 Å². The number of benzene rings is 1. The zero-order valence-electron chi connectivity index (χ0n) is 15.0. The van der Waals surface area contributed by atoms with Crippen LogP contribution in [-0.4, -0.2) is 25.5 Å². The smallest absolute Gasteiger partial charge is 0.304 e. The van der Waals surface area contributed by atoms with Gasteiger partial charge in [0.2, 0.25) is 0 Å². The number of rotatable bonds is 4. The summed E-state index contributed by atoms with van der Waals surface area (Å²) < 4.78 is 54.2. The lowest BCUT2D eigenvalue weighted by Gasteiger charge is -2.07. The van der Waals surface area contributed by atoms with Crippen LogP contribution in [0, 0.1) is 12.7 Å². The van der Waals surface area contributed by atoms with E-state index in [1.165, 1.54) is 36.0 Å². The van der Waals surface area contributed by atoms with Crippen LogP contribution < -0.4 is 5.32 Å². The highest BCUT2D eigenvalue weighted by Crippen LogP contribution is 2.35. The Labute approximate surface area is 172 Å². The van der Waals surface area contributed by atoms with E-state index in [2.05, 4.69) is 15.5 Å². The zero-order chi connectivity index (χ0) is 21.5. The second-order valence-electron chi connectivity index (χ2n) is 6.15. The van der Waals surface area contributed by atoms with E-state index in [1.807, 2.05) is 0 Å². The van der Waals surface area contributed by atoms with Gasteiger partial charge in [-0.05, 0) is 24.6 Å². The van der Waals surface area contributed by atoms with Gasteiger partial charge in [0.05, 0.1) is 6.54 Å². The monoisotopic (exact) mass is 449 g/mol.